The summed E-state index contributed by atoms with van der Waals surface area (Å²) in [5, 5.41) is 3.14. The van der Waals surface area contributed by atoms with Crippen LogP contribution in [0, 0.1) is 18.7 Å². The van der Waals surface area contributed by atoms with Crippen molar-refractivity contribution in [1.29, 1.82) is 0 Å². The first-order chi connectivity index (χ1) is 6.63. The van der Waals surface area contributed by atoms with Crippen LogP contribution in [0.4, 0.5) is 4.39 Å². The average molecular weight is 195 g/mol. The Labute approximate surface area is 85.3 Å². The van der Waals surface area contributed by atoms with Crippen LogP contribution in [0.5, 0.6) is 0 Å². The van der Waals surface area contributed by atoms with E-state index in [0.717, 1.165) is 18.5 Å². The molecule has 1 nitrogen and oxygen atoms in total. The highest BCUT2D eigenvalue weighted by Gasteiger charge is 2.04. The second-order valence-corrected chi connectivity index (χ2v) is 3.95. The number of aryl methyl sites for hydroxylation is 1. The van der Waals surface area contributed by atoms with Gasteiger partial charge in [0.2, 0.25) is 0 Å². The van der Waals surface area contributed by atoms with Crippen molar-refractivity contribution in [2.75, 3.05) is 13.6 Å². The Balaban J connectivity index is 2.63. The summed E-state index contributed by atoms with van der Waals surface area (Å²) in [5.41, 5.74) is 1.95. The summed E-state index contributed by atoms with van der Waals surface area (Å²) < 4.78 is 13.0. The van der Waals surface area contributed by atoms with E-state index in [1.165, 1.54) is 5.56 Å². The lowest BCUT2D eigenvalue weighted by Crippen LogP contribution is -2.17. The quantitative estimate of drug-likeness (QED) is 0.778. The minimum Gasteiger partial charge on any atom is -0.319 e. The van der Waals surface area contributed by atoms with Crippen molar-refractivity contribution in [3.63, 3.8) is 0 Å². The largest absolute Gasteiger partial charge is 0.319 e. The van der Waals surface area contributed by atoms with Crippen LogP contribution in [-0.2, 0) is 6.42 Å². The van der Waals surface area contributed by atoms with Crippen molar-refractivity contribution in [3.05, 3.63) is 35.1 Å². The summed E-state index contributed by atoms with van der Waals surface area (Å²) in [7, 11) is 1.95. The molecule has 0 fully saturated rings. The molecule has 0 aliphatic heterocycles. The Morgan fingerprint density at radius 2 is 2.14 bits per heavy atom. The van der Waals surface area contributed by atoms with E-state index in [4.69, 9.17) is 0 Å². The van der Waals surface area contributed by atoms with Gasteiger partial charge in [-0.2, -0.15) is 0 Å². The molecule has 0 bridgehead atoms. The van der Waals surface area contributed by atoms with Gasteiger partial charge in [-0.3, -0.25) is 0 Å². The Morgan fingerprint density at radius 1 is 1.43 bits per heavy atom. The third-order valence-corrected chi connectivity index (χ3v) is 2.36. The van der Waals surface area contributed by atoms with E-state index >= 15 is 0 Å². The number of nitrogens with one attached hydrogen (secondary N) is 1. The highest BCUT2D eigenvalue weighted by Crippen LogP contribution is 2.12. The maximum absolute atomic E-state index is 13.0. The molecule has 2 heteroatoms. The summed E-state index contributed by atoms with van der Waals surface area (Å²) in [6.07, 6.45) is 1.00. The third-order valence-electron chi connectivity index (χ3n) is 2.36. The Bertz CT molecular complexity index is 296. The summed E-state index contributed by atoms with van der Waals surface area (Å²) in [6, 6.07) is 5.35. The lowest BCUT2D eigenvalue weighted by Gasteiger charge is -2.11. The van der Waals surface area contributed by atoms with Gasteiger partial charge in [0.05, 0.1) is 0 Å². The van der Waals surface area contributed by atoms with Crippen LogP contribution < -0.4 is 5.32 Å². The smallest absolute Gasteiger partial charge is 0.126 e. The summed E-state index contributed by atoms with van der Waals surface area (Å²) in [4.78, 5) is 0. The molecule has 0 aromatic heterocycles. The molecule has 1 aromatic rings. The summed E-state index contributed by atoms with van der Waals surface area (Å²) in [6.45, 7) is 4.99. The fraction of sp³-hybridized carbons (Fsp3) is 0.500. The van der Waals surface area contributed by atoms with Crippen molar-refractivity contribution in [2.24, 2.45) is 5.92 Å². The zero-order chi connectivity index (χ0) is 10.6. The number of rotatable bonds is 4. The van der Waals surface area contributed by atoms with E-state index in [-0.39, 0.29) is 5.82 Å². The topological polar surface area (TPSA) is 12.0 Å². The molecule has 78 valence electrons. The van der Waals surface area contributed by atoms with Gasteiger partial charge in [-0.15, -0.1) is 0 Å². The van der Waals surface area contributed by atoms with Crippen LogP contribution in [0.2, 0.25) is 0 Å². The van der Waals surface area contributed by atoms with Crippen molar-refractivity contribution >= 4 is 0 Å². The second-order valence-electron chi connectivity index (χ2n) is 3.95. The number of benzene rings is 1. The first-order valence-electron chi connectivity index (χ1n) is 5.03. The minimum absolute atomic E-state index is 0.116. The molecule has 0 saturated heterocycles. The fourth-order valence-corrected chi connectivity index (χ4v) is 1.66. The van der Waals surface area contributed by atoms with E-state index in [0.29, 0.717) is 5.92 Å². The molecule has 0 saturated carbocycles. The molecular formula is C12H18FN. The first-order valence-corrected chi connectivity index (χ1v) is 5.03. The van der Waals surface area contributed by atoms with Crippen molar-refractivity contribution in [2.45, 2.75) is 20.3 Å². The van der Waals surface area contributed by atoms with E-state index in [1.807, 2.05) is 26.1 Å². The van der Waals surface area contributed by atoms with Crippen molar-refractivity contribution in [3.8, 4) is 0 Å². The molecule has 0 spiro atoms. The van der Waals surface area contributed by atoms with Crippen LogP contribution in [0.1, 0.15) is 18.1 Å². The monoisotopic (exact) mass is 195 g/mol. The Hall–Kier alpha value is -0.890. The van der Waals surface area contributed by atoms with Gasteiger partial charge in [0.1, 0.15) is 5.82 Å². The molecular weight excluding hydrogens is 177 g/mol. The van der Waals surface area contributed by atoms with Crippen LogP contribution in [0.3, 0.4) is 0 Å². The van der Waals surface area contributed by atoms with E-state index in [2.05, 4.69) is 12.2 Å². The molecule has 1 atom stereocenters. The fourth-order valence-electron chi connectivity index (χ4n) is 1.66. The number of hydrogen-bond acceptors (Lipinski definition) is 1. The van der Waals surface area contributed by atoms with Crippen LogP contribution in [0.15, 0.2) is 18.2 Å². The third kappa shape index (κ3) is 3.11. The van der Waals surface area contributed by atoms with E-state index < -0.39 is 0 Å². The molecule has 1 rings (SSSR count). The van der Waals surface area contributed by atoms with Gasteiger partial charge in [0, 0.05) is 0 Å². The molecule has 0 amide bonds. The molecule has 14 heavy (non-hydrogen) atoms. The zero-order valence-electron chi connectivity index (χ0n) is 9.10. The number of hydrogen-bond donors (Lipinski definition) is 1. The van der Waals surface area contributed by atoms with Gasteiger partial charge >= 0.3 is 0 Å². The Morgan fingerprint density at radius 3 is 2.71 bits per heavy atom. The highest BCUT2D eigenvalue weighted by atomic mass is 19.1. The summed E-state index contributed by atoms with van der Waals surface area (Å²) >= 11 is 0. The maximum atomic E-state index is 13.0. The van der Waals surface area contributed by atoms with Gasteiger partial charge in [0.15, 0.2) is 0 Å². The molecule has 0 aliphatic rings. The molecule has 1 N–H and O–H groups in total. The second kappa shape index (κ2) is 5.11. The molecule has 0 heterocycles. The predicted molar refractivity (Wildman–Crippen MR) is 57.9 cm³/mol. The maximum Gasteiger partial charge on any atom is 0.126 e. The Kier molecular flexibility index (Phi) is 4.08. The molecule has 0 radical (unpaired) electrons. The average Bonchev–Trinajstić information content (AvgIpc) is 2.12. The van der Waals surface area contributed by atoms with Crippen LogP contribution in [-0.4, -0.2) is 13.6 Å². The normalized spacial score (nSPS) is 12.9. The van der Waals surface area contributed by atoms with Crippen LogP contribution >= 0.6 is 0 Å². The van der Waals surface area contributed by atoms with Crippen LogP contribution in [0.25, 0.3) is 0 Å². The van der Waals surface area contributed by atoms with Gasteiger partial charge in [0.25, 0.3) is 0 Å². The SMILES string of the molecule is CNCC(C)Cc1ccc(F)c(C)c1. The van der Waals surface area contributed by atoms with E-state index in [9.17, 15) is 4.39 Å². The standard InChI is InChI=1S/C12H18FN/c1-9(8-14-3)6-11-4-5-12(13)10(2)7-11/h4-5,7,9,14H,6,8H2,1-3H3. The molecule has 0 aliphatic carbocycles. The number of halogens is 1. The lowest BCUT2D eigenvalue weighted by molar-refractivity contribution is 0.540. The van der Waals surface area contributed by atoms with Crippen molar-refractivity contribution in [1.82, 2.24) is 5.32 Å². The summed E-state index contributed by atoms with van der Waals surface area (Å²) in [5.74, 6) is 0.472. The highest BCUT2D eigenvalue weighted by molar-refractivity contribution is 5.24. The van der Waals surface area contributed by atoms with Gasteiger partial charge < -0.3 is 5.32 Å². The zero-order valence-corrected chi connectivity index (χ0v) is 9.10. The molecule has 1 unspecified atom stereocenters. The van der Waals surface area contributed by atoms with Gasteiger partial charge in [-0.25, -0.2) is 4.39 Å². The van der Waals surface area contributed by atoms with Gasteiger partial charge in [-0.1, -0.05) is 19.1 Å². The van der Waals surface area contributed by atoms with Crippen molar-refractivity contribution < 1.29 is 4.39 Å². The predicted octanol–water partition coefficient (Wildman–Crippen LogP) is 2.53. The first kappa shape index (κ1) is 11.2. The minimum atomic E-state index is -0.116. The molecule has 1 aromatic carbocycles. The van der Waals surface area contributed by atoms with E-state index in [1.54, 1.807) is 6.07 Å². The van der Waals surface area contributed by atoms with Gasteiger partial charge in [-0.05, 0) is 50.0 Å². The lowest BCUT2D eigenvalue weighted by atomic mass is 9.99.